The van der Waals surface area contributed by atoms with Gasteiger partial charge in [-0.15, -0.1) is 0 Å². The summed E-state index contributed by atoms with van der Waals surface area (Å²) < 4.78 is 2.10. The molecule has 1 fully saturated rings. The van der Waals surface area contributed by atoms with Gasteiger partial charge in [-0.05, 0) is 63.5 Å². The molecule has 1 aliphatic rings. The Balaban J connectivity index is 1.69. The molecule has 0 bridgehead atoms. The molecule has 2 N–H and O–H groups in total. The number of hydrogen-bond donors (Lipinski definition) is 2. The van der Waals surface area contributed by atoms with E-state index < -0.39 is 5.91 Å². The van der Waals surface area contributed by atoms with E-state index in [1.807, 2.05) is 32.9 Å². The Kier molecular flexibility index (Phi) is 6.18. The zero-order valence-corrected chi connectivity index (χ0v) is 17.1. The minimum Gasteiger partial charge on any atom is -0.354 e. The smallest absolute Gasteiger partial charge is 0.262 e. The number of nitrogens with zero attached hydrogens (tertiary/aromatic N) is 2. The summed E-state index contributed by atoms with van der Waals surface area (Å²) >= 11 is 0. The summed E-state index contributed by atoms with van der Waals surface area (Å²) in [5.74, 6) is -0.254. The number of carbonyl (C=O) groups excluding carboxylic acids is 2. The average molecular weight is 390 g/mol. The highest BCUT2D eigenvalue weighted by Gasteiger charge is 2.29. The quantitative estimate of drug-likeness (QED) is 0.433. The zero-order valence-electron chi connectivity index (χ0n) is 17.1. The molecule has 0 aliphatic heterocycles. The third-order valence-corrected chi connectivity index (χ3v) is 5.09. The fourth-order valence-electron chi connectivity index (χ4n) is 3.28. The molecule has 1 heterocycles. The maximum absolute atomic E-state index is 12.4. The Bertz CT molecular complexity index is 989. The summed E-state index contributed by atoms with van der Waals surface area (Å²) in [6, 6.07) is 12.2. The Labute approximate surface area is 171 Å². The largest absolute Gasteiger partial charge is 0.354 e. The summed E-state index contributed by atoms with van der Waals surface area (Å²) in [6.07, 6.45) is 3.51. The van der Waals surface area contributed by atoms with Gasteiger partial charge in [-0.1, -0.05) is 17.7 Å². The van der Waals surface area contributed by atoms with Gasteiger partial charge in [-0.25, -0.2) is 0 Å². The van der Waals surface area contributed by atoms with E-state index in [0.717, 1.165) is 35.5 Å². The van der Waals surface area contributed by atoms with Crippen molar-refractivity contribution in [2.24, 2.45) is 5.92 Å². The van der Waals surface area contributed by atoms with E-state index in [4.69, 9.17) is 0 Å². The monoisotopic (exact) mass is 390 g/mol. The van der Waals surface area contributed by atoms with Crippen molar-refractivity contribution >= 4 is 17.9 Å². The van der Waals surface area contributed by atoms with Crippen LogP contribution in [0.4, 0.5) is 0 Å². The Morgan fingerprint density at radius 2 is 1.79 bits per heavy atom. The van der Waals surface area contributed by atoms with Crippen LogP contribution in [0.15, 0.2) is 35.9 Å². The summed E-state index contributed by atoms with van der Waals surface area (Å²) in [5, 5.41) is 14.9. The Hall–Kier alpha value is -3.33. The number of nitrogens with one attached hydrogen (secondary N) is 2. The Morgan fingerprint density at radius 3 is 2.41 bits per heavy atom. The highest BCUT2D eigenvalue weighted by molar-refractivity contribution is 6.01. The van der Waals surface area contributed by atoms with Crippen LogP contribution in [0.2, 0.25) is 0 Å². The second kappa shape index (κ2) is 8.78. The van der Waals surface area contributed by atoms with Crippen molar-refractivity contribution in [3.05, 3.63) is 58.4 Å². The van der Waals surface area contributed by atoms with Crippen molar-refractivity contribution < 1.29 is 9.59 Å². The highest BCUT2D eigenvalue weighted by atomic mass is 16.2. The molecule has 1 aliphatic carbocycles. The van der Waals surface area contributed by atoms with E-state index in [9.17, 15) is 14.9 Å². The molecular formula is C23H26N4O2. The van der Waals surface area contributed by atoms with Crippen LogP contribution in [0, 0.1) is 38.0 Å². The molecule has 1 saturated carbocycles. The maximum atomic E-state index is 12.4. The lowest BCUT2D eigenvalue weighted by atomic mass is 10.1. The van der Waals surface area contributed by atoms with Crippen LogP contribution in [-0.4, -0.2) is 29.5 Å². The van der Waals surface area contributed by atoms with Crippen molar-refractivity contribution in [2.75, 3.05) is 13.1 Å². The lowest BCUT2D eigenvalue weighted by Crippen LogP contribution is -2.35. The van der Waals surface area contributed by atoms with Crippen molar-refractivity contribution in [3.63, 3.8) is 0 Å². The SMILES string of the molecule is Cc1ccc(-n2c(C)cc(C=C(C#N)C(=O)NCCNC(=O)C3CC3)c2C)cc1. The molecule has 3 rings (SSSR count). The van der Waals surface area contributed by atoms with Crippen LogP contribution in [0.1, 0.15) is 35.4 Å². The summed E-state index contributed by atoms with van der Waals surface area (Å²) in [6.45, 7) is 6.67. The molecule has 6 nitrogen and oxygen atoms in total. The number of amides is 2. The number of aromatic nitrogens is 1. The minimum absolute atomic E-state index is 0.0406. The predicted octanol–water partition coefficient (Wildman–Crippen LogP) is 2.95. The molecule has 2 aromatic rings. The summed E-state index contributed by atoms with van der Waals surface area (Å²) in [5.41, 5.74) is 5.09. The fraction of sp³-hybridized carbons (Fsp3) is 0.348. The van der Waals surface area contributed by atoms with Gasteiger partial charge in [-0.3, -0.25) is 9.59 Å². The van der Waals surface area contributed by atoms with Gasteiger partial charge in [-0.2, -0.15) is 5.26 Å². The lowest BCUT2D eigenvalue weighted by molar-refractivity contribution is -0.122. The van der Waals surface area contributed by atoms with Gasteiger partial charge in [0.1, 0.15) is 11.6 Å². The molecular weight excluding hydrogens is 364 g/mol. The molecule has 6 heteroatoms. The molecule has 1 aromatic carbocycles. The summed E-state index contributed by atoms with van der Waals surface area (Å²) in [7, 11) is 0. The Morgan fingerprint density at radius 1 is 1.14 bits per heavy atom. The molecule has 29 heavy (non-hydrogen) atoms. The van der Waals surface area contributed by atoms with Crippen LogP contribution >= 0.6 is 0 Å². The van der Waals surface area contributed by atoms with Crippen molar-refractivity contribution in [1.82, 2.24) is 15.2 Å². The molecule has 150 valence electrons. The van der Waals surface area contributed by atoms with Crippen LogP contribution in [-0.2, 0) is 9.59 Å². The first-order valence-corrected chi connectivity index (χ1v) is 9.84. The number of carbonyl (C=O) groups is 2. The third-order valence-electron chi connectivity index (χ3n) is 5.09. The first-order valence-electron chi connectivity index (χ1n) is 9.84. The molecule has 0 saturated heterocycles. The lowest BCUT2D eigenvalue weighted by Gasteiger charge is -2.10. The number of nitriles is 1. The molecule has 2 amide bonds. The van der Waals surface area contributed by atoms with Crippen molar-refractivity contribution in [1.29, 1.82) is 5.26 Å². The maximum Gasteiger partial charge on any atom is 0.262 e. The number of hydrogen-bond acceptors (Lipinski definition) is 3. The van der Waals surface area contributed by atoms with Crippen molar-refractivity contribution in [2.45, 2.75) is 33.6 Å². The molecule has 0 atom stereocenters. The second-order valence-corrected chi connectivity index (χ2v) is 7.49. The van der Waals surface area contributed by atoms with Gasteiger partial charge in [0, 0.05) is 36.1 Å². The molecule has 0 spiro atoms. The number of aryl methyl sites for hydroxylation is 2. The van der Waals surface area contributed by atoms with E-state index >= 15 is 0 Å². The van der Waals surface area contributed by atoms with Gasteiger partial charge in [0.2, 0.25) is 5.91 Å². The number of rotatable bonds is 7. The first kappa shape index (κ1) is 20.4. The standard InChI is InChI=1S/C23H26N4O2/c1-15-4-8-21(9-5-15)27-16(2)12-19(17(27)3)13-20(14-24)23(29)26-11-10-25-22(28)18-6-7-18/h4-5,8-9,12-13,18H,6-7,10-11H2,1-3H3,(H,25,28)(H,26,29). The van der Waals surface area contributed by atoms with Crippen LogP contribution in [0.25, 0.3) is 11.8 Å². The van der Waals surface area contributed by atoms with Crippen LogP contribution in [0.3, 0.4) is 0 Å². The van der Waals surface area contributed by atoms with E-state index in [-0.39, 0.29) is 17.4 Å². The normalized spacial score (nSPS) is 13.7. The van der Waals surface area contributed by atoms with Gasteiger partial charge >= 0.3 is 0 Å². The highest BCUT2D eigenvalue weighted by Crippen LogP contribution is 2.28. The summed E-state index contributed by atoms with van der Waals surface area (Å²) in [4.78, 5) is 24.0. The topological polar surface area (TPSA) is 86.9 Å². The van der Waals surface area contributed by atoms with Crippen molar-refractivity contribution in [3.8, 4) is 11.8 Å². The van der Waals surface area contributed by atoms with Gasteiger partial charge in [0.15, 0.2) is 0 Å². The molecule has 0 unspecified atom stereocenters. The average Bonchev–Trinajstić information content (AvgIpc) is 3.51. The second-order valence-electron chi connectivity index (χ2n) is 7.49. The first-order chi connectivity index (χ1) is 13.9. The third kappa shape index (κ3) is 4.94. The van der Waals surface area contributed by atoms with E-state index in [1.54, 1.807) is 6.08 Å². The van der Waals surface area contributed by atoms with Gasteiger partial charge < -0.3 is 15.2 Å². The van der Waals surface area contributed by atoms with Crippen LogP contribution < -0.4 is 10.6 Å². The predicted molar refractivity (Wildman–Crippen MR) is 112 cm³/mol. The van der Waals surface area contributed by atoms with E-state index in [2.05, 4.69) is 39.5 Å². The van der Waals surface area contributed by atoms with E-state index in [1.165, 1.54) is 5.56 Å². The van der Waals surface area contributed by atoms with E-state index in [0.29, 0.717) is 13.1 Å². The molecule has 1 aromatic heterocycles. The van der Waals surface area contributed by atoms with Gasteiger partial charge in [0.05, 0.1) is 0 Å². The zero-order chi connectivity index (χ0) is 21.0. The minimum atomic E-state index is -0.437. The fourth-order valence-corrected chi connectivity index (χ4v) is 3.28. The molecule has 0 radical (unpaired) electrons. The number of benzene rings is 1. The van der Waals surface area contributed by atoms with Crippen LogP contribution in [0.5, 0.6) is 0 Å². The van der Waals surface area contributed by atoms with Gasteiger partial charge in [0.25, 0.3) is 5.91 Å².